The average molecular weight is 642 g/mol. The minimum absolute atomic E-state index is 0.0352. The number of benzene rings is 1. The normalized spacial score (nSPS) is 12.6. The minimum Gasteiger partial charge on any atom is -0.493 e. The highest BCUT2D eigenvalue weighted by Crippen LogP contribution is 2.34. The third kappa shape index (κ3) is 10.9. The molecule has 1 aromatic carbocycles. The third-order valence-corrected chi connectivity index (χ3v) is 8.40. The molecule has 3 N–H and O–H groups in total. The molecular formula is C33H41F2N5O4S. The lowest BCUT2D eigenvalue weighted by atomic mass is 9.99. The van der Waals surface area contributed by atoms with E-state index in [-0.39, 0.29) is 29.7 Å². The number of nitrogens with zero attached hydrogens (tertiary/aromatic N) is 2. The van der Waals surface area contributed by atoms with Gasteiger partial charge in [0.2, 0.25) is 17.7 Å². The lowest BCUT2D eigenvalue weighted by Crippen LogP contribution is -2.29. The first kappa shape index (κ1) is 34.0. The van der Waals surface area contributed by atoms with Crippen molar-refractivity contribution in [2.45, 2.75) is 58.1 Å². The number of halogens is 2. The predicted molar refractivity (Wildman–Crippen MR) is 173 cm³/mol. The van der Waals surface area contributed by atoms with E-state index >= 15 is 0 Å². The van der Waals surface area contributed by atoms with Crippen LogP contribution in [0.4, 0.5) is 20.4 Å². The number of carbonyl (C=O) groups is 2. The highest BCUT2D eigenvalue weighted by molar-refractivity contribution is 7.98. The molecule has 0 atom stereocenters. The summed E-state index contributed by atoms with van der Waals surface area (Å²) in [5.74, 6) is 2.25. The van der Waals surface area contributed by atoms with Crippen LogP contribution in [0.3, 0.4) is 0 Å². The summed E-state index contributed by atoms with van der Waals surface area (Å²) in [6.07, 6.45) is 5.09. The monoisotopic (exact) mass is 641 g/mol. The van der Waals surface area contributed by atoms with Gasteiger partial charge in [-0.1, -0.05) is 26.7 Å². The van der Waals surface area contributed by atoms with Crippen molar-refractivity contribution in [3.8, 4) is 22.8 Å². The Morgan fingerprint density at radius 3 is 2.60 bits per heavy atom. The summed E-state index contributed by atoms with van der Waals surface area (Å²) in [4.78, 5) is 32.9. The SMILES string of the molecule is CCC(CC)CC(=O)NCCCC(=O)NCCSCc1cc2nc(c1)OCCCOc1cc(F)ccc1-c1cc(ncc1F)N2. The Kier molecular flexibility index (Phi) is 13.2. The van der Waals surface area contributed by atoms with Gasteiger partial charge in [-0.15, -0.1) is 0 Å². The van der Waals surface area contributed by atoms with Crippen LogP contribution >= 0.6 is 11.8 Å². The number of anilines is 2. The molecule has 0 radical (unpaired) electrons. The summed E-state index contributed by atoms with van der Waals surface area (Å²) < 4.78 is 40.5. The highest BCUT2D eigenvalue weighted by atomic mass is 32.2. The van der Waals surface area contributed by atoms with E-state index in [0.717, 1.165) is 24.6 Å². The van der Waals surface area contributed by atoms with Crippen molar-refractivity contribution in [1.82, 2.24) is 20.6 Å². The molecule has 3 aromatic rings. The summed E-state index contributed by atoms with van der Waals surface area (Å²) in [5.41, 5.74) is 1.60. The quantitative estimate of drug-likeness (QED) is 0.184. The molecule has 12 heteroatoms. The van der Waals surface area contributed by atoms with Crippen LogP contribution in [-0.4, -0.2) is 53.8 Å². The van der Waals surface area contributed by atoms with Gasteiger partial charge in [0.1, 0.15) is 29.0 Å². The first-order valence-corrected chi connectivity index (χ1v) is 16.6. The molecule has 1 aliphatic rings. The lowest BCUT2D eigenvalue weighted by molar-refractivity contribution is -0.123. The second-order valence-electron chi connectivity index (χ2n) is 10.8. The largest absolute Gasteiger partial charge is 0.493 e. The van der Waals surface area contributed by atoms with Gasteiger partial charge in [-0.3, -0.25) is 9.59 Å². The number of nitrogens with one attached hydrogen (secondary N) is 3. The first-order chi connectivity index (χ1) is 21.8. The molecule has 4 bridgehead atoms. The molecule has 0 saturated carbocycles. The van der Waals surface area contributed by atoms with Crippen LogP contribution in [0.15, 0.2) is 42.6 Å². The fourth-order valence-electron chi connectivity index (χ4n) is 4.81. The predicted octanol–water partition coefficient (Wildman–Crippen LogP) is 6.40. The molecule has 0 saturated heterocycles. The molecule has 242 valence electrons. The highest BCUT2D eigenvalue weighted by Gasteiger charge is 2.16. The topological polar surface area (TPSA) is 114 Å². The first-order valence-electron chi connectivity index (χ1n) is 15.4. The molecule has 1 aliphatic heterocycles. The van der Waals surface area contributed by atoms with Gasteiger partial charge >= 0.3 is 0 Å². The van der Waals surface area contributed by atoms with E-state index in [1.165, 1.54) is 24.3 Å². The zero-order valence-corrected chi connectivity index (χ0v) is 26.6. The lowest BCUT2D eigenvalue weighted by Gasteiger charge is -2.16. The Morgan fingerprint density at radius 2 is 1.78 bits per heavy atom. The fraction of sp³-hybridized carbons (Fsp3) is 0.455. The third-order valence-electron chi connectivity index (χ3n) is 7.37. The number of hydrogen-bond donors (Lipinski definition) is 3. The number of aromatic nitrogens is 2. The number of hydrogen-bond acceptors (Lipinski definition) is 8. The van der Waals surface area contributed by atoms with Crippen LogP contribution in [0.25, 0.3) is 11.1 Å². The Hall–Kier alpha value is -3.93. The maximum Gasteiger partial charge on any atom is 0.220 e. The van der Waals surface area contributed by atoms with Crippen molar-refractivity contribution in [2.75, 3.05) is 37.4 Å². The molecular weight excluding hydrogens is 600 g/mol. The van der Waals surface area contributed by atoms with Crippen LogP contribution in [0.2, 0.25) is 0 Å². The van der Waals surface area contributed by atoms with E-state index < -0.39 is 11.6 Å². The minimum atomic E-state index is -0.558. The second-order valence-corrected chi connectivity index (χ2v) is 11.9. The summed E-state index contributed by atoms with van der Waals surface area (Å²) in [6, 6.07) is 9.26. The Labute approximate surface area is 267 Å². The van der Waals surface area contributed by atoms with Crippen molar-refractivity contribution < 1.29 is 27.8 Å². The number of amides is 2. The van der Waals surface area contributed by atoms with Crippen LogP contribution in [0, 0.1) is 17.6 Å². The van der Waals surface area contributed by atoms with Gasteiger partial charge in [-0.2, -0.15) is 16.7 Å². The van der Waals surface area contributed by atoms with E-state index in [9.17, 15) is 18.4 Å². The summed E-state index contributed by atoms with van der Waals surface area (Å²) in [7, 11) is 0. The van der Waals surface area contributed by atoms with Crippen molar-refractivity contribution in [3.05, 3.63) is 59.8 Å². The van der Waals surface area contributed by atoms with Gasteiger partial charge in [-0.25, -0.2) is 13.8 Å². The summed E-state index contributed by atoms with van der Waals surface area (Å²) in [5, 5.41) is 8.97. The smallest absolute Gasteiger partial charge is 0.220 e. The van der Waals surface area contributed by atoms with E-state index in [2.05, 4.69) is 39.8 Å². The van der Waals surface area contributed by atoms with Crippen molar-refractivity contribution in [1.29, 1.82) is 0 Å². The molecule has 0 spiro atoms. The van der Waals surface area contributed by atoms with Gasteiger partial charge in [0.15, 0.2) is 0 Å². The molecule has 3 heterocycles. The standard InChI is InChI=1S/C33H41F2N5O4S/c1-3-22(4-2)16-32(42)36-10-5-7-31(41)37-11-14-45-21-23-15-30-39-29-19-26(27(35)20-38-29)25-9-8-24(34)18-28(25)43-12-6-13-44-33(17-23)40-30/h8-9,15,17-20,22H,3-7,10-14,16,21H2,1-2H3,(H,36,42)(H,37,41)(H,38,39,40). The average Bonchev–Trinajstić information content (AvgIpc) is 3.02. The van der Waals surface area contributed by atoms with E-state index in [1.54, 1.807) is 11.8 Å². The number of fused-ring (bicyclic) bond motifs is 6. The number of thioether (sulfide) groups is 1. The molecule has 4 rings (SSSR count). The van der Waals surface area contributed by atoms with Crippen LogP contribution < -0.4 is 25.4 Å². The Morgan fingerprint density at radius 1 is 0.978 bits per heavy atom. The molecule has 0 unspecified atom stereocenters. The Balaban J connectivity index is 1.29. The molecule has 2 amide bonds. The second kappa shape index (κ2) is 17.5. The fourth-order valence-corrected chi connectivity index (χ4v) is 5.60. The van der Waals surface area contributed by atoms with Crippen LogP contribution in [-0.2, 0) is 15.3 Å². The van der Waals surface area contributed by atoms with Gasteiger partial charge in [-0.05, 0) is 42.2 Å². The maximum atomic E-state index is 14.8. The van der Waals surface area contributed by atoms with Gasteiger partial charge in [0, 0.05) is 67.1 Å². The van der Waals surface area contributed by atoms with Gasteiger partial charge < -0.3 is 25.4 Å². The number of pyridine rings is 2. The number of ether oxygens (including phenoxy) is 2. The maximum absolute atomic E-state index is 14.8. The number of carbonyl (C=O) groups excluding carboxylic acids is 2. The molecule has 0 aliphatic carbocycles. The Bertz CT molecular complexity index is 1440. The summed E-state index contributed by atoms with van der Waals surface area (Å²) >= 11 is 1.65. The van der Waals surface area contributed by atoms with Gasteiger partial charge in [0.25, 0.3) is 0 Å². The summed E-state index contributed by atoms with van der Waals surface area (Å²) in [6.45, 7) is 5.77. The van der Waals surface area contributed by atoms with Crippen molar-refractivity contribution in [3.63, 3.8) is 0 Å². The molecule has 9 nitrogen and oxygen atoms in total. The molecule has 2 aromatic heterocycles. The van der Waals surface area contributed by atoms with Crippen molar-refractivity contribution >= 4 is 35.2 Å². The number of rotatable bonds is 13. The van der Waals surface area contributed by atoms with Gasteiger partial charge in [0.05, 0.1) is 19.4 Å². The molecule has 45 heavy (non-hydrogen) atoms. The van der Waals surface area contributed by atoms with E-state index in [1.807, 2.05) is 12.1 Å². The van der Waals surface area contributed by atoms with Crippen molar-refractivity contribution in [2.24, 2.45) is 5.92 Å². The zero-order valence-electron chi connectivity index (χ0n) is 25.8. The van der Waals surface area contributed by atoms with E-state index in [0.29, 0.717) is 85.9 Å². The van der Waals surface area contributed by atoms with Crippen LogP contribution in [0.1, 0.15) is 57.9 Å². The van der Waals surface area contributed by atoms with E-state index in [4.69, 9.17) is 9.47 Å². The van der Waals surface area contributed by atoms with Crippen LogP contribution in [0.5, 0.6) is 11.6 Å². The molecule has 0 fully saturated rings. The zero-order chi connectivity index (χ0) is 32.0.